The van der Waals surface area contributed by atoms with E-state index in [9.17, 15) is 0 Å². The smallest absolute Gasteiger partial charge is 0.133 e. The van der Waals surface area contributed by atoms with Crippen LogP contribution in [0.1, 0.15) is 26.7 Å². The van der Waals surface area contributed by atoms with Crippen LogP contribution in [0.4, 0.5) is 0 Å². The van der Waals surface area contributed by atoms with Crippen LogP contribution in [0.5, 0.6) is 0 Å². The fourth-order valence-electron chi connectivity index (χ4n) is 0.669. The Balaban J connectivity index is 0.000000371. The minimum atomic E-state index is 0.233. The van der Waals surface area contributed by atoms with Crippen LogP contribution in [0.15, 0.2) is 23.6 Å². The summed E-state index contributed by atoms with van der Waals surface area (Å²) in [4.78, 5) is 0. The van der Waals surface area contributed by atoms with Crippen LogP contribution in [0.3, 0.4) is 0 Å². The third kappa shape index (κ3) is 2.58. The molecular weight excluding hydrogens is 126 g/mol. The summed E-state index contributed by atoms with van der Waals surface area (Å²) in [5.74, 6) is 0.233. The lowest BCUT2D eigenvalue weighted by Gasteiger charge is -2.04. The zero-order valence-corrected chi connectivity index (χ0v) is 6.59. The highest BCUT2D eigenvalue weighted by Crippen LogP contribution is 2.10. The van der Waals surface area contributed by atoms with Gasteiger partial charge in [0.05, 0.1) is 5.70 Å². The van der Waals surface area contributed by atoms with Crippen LogP contribution in [-0.4, -0.2) is 5.11 Å². The second-order valence-electron chi connectivity index (χ2n) is 1.85. The first-order valence-corrected chi connectivity index (χ1v) is 3.65. The van der Waals surface area contributed by atoms with Gasteiger partial charge in [0.2, 0.25) is 0 Å². The van der Waals surface area contributed by atoms with E-state index in [1.807, 2.05) is 19.9 Å². The Hall–Kier alpha value is -0.920. The molecule has 0 heterocycles. The number of aliphatic hydroxyl groups excluding tert-OH is 1. The third-order valence-corrected chi connectivity index (χ3v) is 1.19. The summed E-state index contributed by atoms with van der Waals surface area (Å²) < 4.78 is 0. The van der Waals surface area contributed by atoms with Crippen LogP contribution in [0.25, 0.3) is 0 Å². The zero-order valence-electron chi connectivity index (χ0n) is 6.59. The molecule has 0 bridgehead atoms. The van der Waals surface area contributed by atoms with E-state index >= 15 is 0 Å². The maximum absolute atomic E-state index is 8.85. The lowest BCUT2D eigenvalue weighted by Crippen LogP contribution is -2.03. The van der Waals surface area contributed by atoms with Gasteiger partial charge >= 0.3 is 0 Å². The highest BCUT2D eigenvalue weighted by Gasteiger charge is 1.99. The molecule has 10 heavy (non-hydrogen) atoms. The van der Waals surface area contributed by atoms with Gasteiger partial charge < -0.3 is 10.8 Å². The zero-order chi connectivity index (χ0) is 7.98. The Kier molecular flexibility index (Phi) is 4.46. The predicted octanol–water partition coefficient (Wildman–Crippen LogP) is 2.09. The van der Waals surface area contributed by atoms with Crippen LogP contribution in [0, 0.1) is 0 Å². The molecular formula is C8H15NO. The number of nitrogens with two attached hydrogens (primary N) is 1. The molecule has 0 amide bonds. The summed E-state index contributed by atoms with van der Waals surface area (Å²) in [5.41, 5.74) is 5.96. The molecule has 0 aromatic heterocycles. The first-order valence-electron chi connectivity index (χ1n) is 3.65. The van der Waals surface area contributed by atoms with E-state index in [0.29, 0.717) is 5.70 Å². The largest absolute Gasteiger partial charge is 0.506 e. The third-order valence-electron chi connectivity index (χ3n) is 1.19. The summed E-state index contributed by atoms with van der Waals surface area (Å²) in [6, 6.07) is 0. The van der Waals surface area contributed by atoms with Crippen molar-refractivity contribution >= 4 is 0 Å². The van der Waals surface area contributed by atoms with Gasteiger partial charge in [-0.05, 0) is 18.9 Å². The minimum Gasteiger partial charge on any atom is -0.506 e. The number of aliphatic hydroxyl groups is 1. The summed E-state index contributed by atoms with van der Waals surface area (Å²) in [7, 11) is 0. The molecule has 0 aliphatic heterocycles. The van der Waals surface area contributed by atoms with E-state index in [2.05, 4.69) is 0 Å². The average molecular weight is 141 g/mol. The lowest BCUT2D eigenvalue weighted by atomic mass is 10.1. The minimum absolute atomic E-state index is 0.233. The molecule has 0 atom stereocenters. The first-order chi connectivity index (χ1) is 4.80. The summed E-state index contributed by atoms with van der Waals surface area (Å²) >= 11 is 0. The predicted molar refractivity (Wildman–Crippen MR) is 43.6 cm³/mol. The van der Waals surface area contributed by atoms with Crippen LogP contribution < -0.4 is 5.73 Å². The molecule has 3 N–H and O–H groups in total. The second kappa shape index (κ2) is 4.91. The fourth-order valence-corrected chi connectivity index (χ4v) is 0.669. The molecule has 0 saturated heterocycles. The number of hydrogen-bond donors (Lipinski definition) is 2. The van der Waals surface area contributed by atoms with Crippen molar-refractivity contribution < 1.29 is 5.11 Å². The van der Waals surface area contributed by atoms with Crippen molar-refractivity contribution in [2.45, 2.75) is 26.7 Å². The van der Waals surface area contributed by atoms with Crippen LogP contribution in [0.2, 0.25) is 0 Å². The van der Waals surface area contributed by atoms with Crippen molar-refractivity contribution in [1.82, 2.24) is 0 Å². The van der Waals surface area contributed by atoms with E-state index in [-0.39, 0.29) is 5.76 Å². The van der Waals surface area contributed by atoms with Gasteiger partial charge in [-0.3, -0.25) is 0 Å². The van der Waals surface area contributed by atoms with E-state index in [1.54, 1.807) is 6.08 Å². The molecule has 0 saturated carbocycles. The van der Waals surface area contributed by atoms with E-state index in [0.717, 1.165) is 12.8 Å². The average Bonchev–Trinajstić information content (AvgIpc) is 2.00. The van der Waals surface area contributed by atoms with Gasteiger partial charge in [0, 0.05) is 0 Å². The van der Waals surface area contributed by atoms with Crippen molar-refractivity contribution in [3.05, 3.63) is 23.6 Å². The van der Waals surface area contributed by atoms with E-state index in [4.69, 9.17) is 10.8 Å². The van der Waals surface area contributed by atoms with Gasteiger partial charge in [-0.2, -0.15) is 0 Å². The van der Waals surface area contributed by atoms with Crippen molar-refractivity contribution in [1.29, 1.82) is 0 Å². The maximum Gasteiger partial charge on any atom is 0.133 e. The van der Waals surface area contributed by atoms with Gasteiger partial charge in [-0.25, -0.2) is 0 Å². The van der Waals surface area contributed by atoms with Crippen LogP contribution >= 0.6 is 0 Å². The standard InChI is InChI=1S/C6H9NO.C2H6/c7-5-3-1-2-4-6(5)8;1-2/h2,4,8H,1,3,7H2;1-2H3. The Morgan fingerprint density at radius 3 is 2.40 bits per heavy atom. The molecule has 0 spiro atoms. The molecule has 1 aliphatic carbocycles. The molecule has 2 nitrogen and oxygen atoms in total. The van der Waals surface area contributed by atoms with E-state index in [1.165, 1.54) is 0 Å². The molecule has 1 rings (SSSR count). The van der Waals surface area contributed by atoms with Crippen molar-refractivity contribution in [2.24, 2.45) is 5.73 Å². The number of hydrogen-bond acceptors (Lipinski definition) is 2. The molecule has 0 radical (unpaired) electrons. The highest BCUT2D eigenvalue weighted by atomic mass is 16.3. The molecule has 2 heteroatoms. The molecule has 58 valence electrons. The first kappa shape index (κ1) is 9.08. The Labute approximate surface area is 62.0 Å². The summed E-state index contributed by atoms with van der Waals surface area (Å²) in [6.07, 6.45) is 5.29. The Morgan fingerprint density at radius 2 is 2.10 bits per heavy atom. The van der Waals surface area contributed by atoms with Crippen molar-refractivity contribution in [3.8, 4) is 0 Å². The highest BCUT2D eigenvalue weighted by molar-refractivity contribution is 5.20. The van der Waals surface area contributed by atoms with Gasteiger partial charge in [0.15, 0.2) is 0 Å². The van der Waals surface area contributed by atoms with Crippen LogP contribution in [-0.2, 0) is 0 Å². The second-order valence-corrected chi connectivity index (χ2v) is 1.85. The molecule has 0 aromatic rings. The quantitative estimate of drug-likeness (QED) is 0.542. The summed E-state index contributed by atoms with van der Waals surface area (Å²) in [6.45, 7) is 4.00. The van der Waals surface area contributed by atoms with E-state index < -0.39 is 0 Å². The van der Waals surface area contributed by atoms with Gasteiger partial charge in [-0.1, -0.05) is 19.9 Å². The number of rotatable bonds is 0. The lowest BCUT2D eigenvalue weighted by molar-refractivity contribution is 0.418. The normalized spacial score (nSPS) is 16.2. The topological polar surface area (TPSA) is 46.2 Å². The summed E-state index contributed by atoms with van der Waals surface area (Å²) in [5, 5.41) is 8.85. The van der Waals surface area contributed by atoms with Gasteiger partial charge in [0.25, 0.3) is 0 Å². The Bertz CT molecular complexity index is 147. The SMILES string of the molecule is CC.NC1=C(O)C=CCC1. The molecule has 0 fully saturated rings. The van der Waals surface area contributed by atoms with Gasteiger partial charge in [-0.15, -0.1) is 0 Å². The van der Waals surface area contributed by atoms with Gasteiger partial charge in [0.1, 0.15) is 5.76 Å². The Morgan fingerprint density at radius 1 is 1.50 bits per heavy atom. The monoisotopic (exact) mass is 141 g/mol. The fraction of sp³-hybridized carbons (Fsp3) is 0.500. The van der Waals surface area contributed by atoms with Crippen molar-refractivity contribution in [2.75, 3.05) is 0 Å². The maximum atomic E-state index is 8.85. The molecule has 0 aromatic carbocycles. The number of allylic oxidation sites excluding steroid dienone is 3. The molecule has 1 aliphatic rings. The molecule has 0 unspecified atom stereocenters. The van der Waals surface area contributed by atoms with Crippen molar-refractivity contribution in [3.63, 3.8) is 0 Å².